The minimum Gasteiger partial charge on any atom is -0.331 e. The molecular formula is C25H26ClF3N8O. The predicted octanol–water partition coefficient (Wildman–Crippen LogP) is 4.76. The quantitative estimate of drug-likeness (QED) is 0.376. The van der Waals surface area contributed by atoms with Gasteiger partial charge in [-0.1, -0.05) is 35.9 Å². The third-order valence-corrected chi connectivity index (χ3v) is 6.71. The molecule has 0 saturated carbocycles. The molecular weight excluding hydrogens is 521 g/mol. The number of carbonyl (C=O) groups excluding carboxylic acids is 1. The maximum absolute atomic E-state index is 13.2. The number of nitrogens with two attached hydrogens (primary N) is 1. The van der Waals surface area contributed by atoms with Crippen molar-refractivity contribution >= 4 is 23.3 Å². The summed E-state index contributed by atoms with van der Waals surface area (Å²) in [4.78, 5) is 18.4. The maximum atomic E-state index is 13.2. The smallest absolute Gasteiger partial charge is 0.331 e. The van der Waals surface area contributed by atoms with Crippen LogP contribution in [-0.2, 0) is 30.6 Å². The number of amides is 1. The molecule has 9 nitrogen and oxygen atoms in total. The Bertz CT molecular complexity index is 1490. The number of anilines is 1. The van der Waals surface area contributed by atoms with Crippen molar-refractivity contribution in [2.24, 2.45) is 5.73 Å². The zero-order chi connectivity index (χ0) is 27.4. The van der Waals surface area contributed by atoms with Crippen molar-refractivity contribution < 1.29 is 18.0 Å². The topological polar surface area (TPSA) is 99.8 Å². The highest BCUT2D eigenvalue weighted by molar-refractivity contribution is 6.33. The maximum Gasteiger partial charge on any atom is 0.434 e. The Balaban J connectivity index is 1.45. The molecule has 13 heteroatoms. The molecule has 1 aromatic carbocycles. The summed E-state index contributed by atoms with van der Waals surface area (Å²) in [6.45, 7) is 6.48. The summed E-state index contributed by atoms with van der Waals surface area (Å²) >= 11 is 6.42. The molecule has 1 aliphatic heterocycles. The third kappa shape index (κ3) is 4.58. The van der Waals surface area contributed by atoms with Crippen LogP contribution in [0, 0.1) is 0 Å². The first-order chi connectivity index (χ1) is 18.0. The van der Waals surface area contributed by atoms with Gasteiger partial charge in [0, 0.05) is 30.4 Å². The van der Waals surface area contributed by atoms with Crippen LogP contribution in [0.15, 0.2) is 42.7 Å². The Hall–Kier alpha value is -3.64. The van der Waals surface area contributed by atoms with E-state index in [-0.39, 0.29) is 30.9 Å². The Kier molecular flexibility index (Phi) is 6.56. The van der Waals surface area contributed by atoms with E-state index in [4.69, 9.17) is 17.3 Å². The molecule has 0 fully saturated rings. The average Bonchev–Trinajstić information content (AvgIpc) is 3.58. The van der Waals surface area contributed by atoms with E-state index in [0.717, 1.165) is 11.8 Å². The molecule has 3 aromatic heterocycles. The fraction of sp³-hybridized carbons (Fsp3) is 0.360. The number of imidazole rings is 1. The molecule has 0 saturated heterocycles. The normalized spacial score (nSPS) is 16.0. The lowest BCUT2D eigenvalue weighted by molar-refractivity contribution is -0.140. The van der Waals surface area contributed by atoms with Crippen molar-refractivity contribution in [3.05, 3.63) is 59.0 Å². The van der Waals surface area contributed by atoms with Crippen LogP contribution < -0.4 is 10.6 Å². The van der Waals surface area contributed by atoms with E-state index in [2.05, 4.69) is 15.2 Å². The number of benzene rings is 1. The lowest BCUT2D eigenvalue weighted by atomic mass is 10.1. The van der Waals surface area contributed by atoms with Crippen LogP contribution in [0.5, 0.6) is 0 Å². The van der Waals surface area contributed by atoms with E-state index < -0.39 is 17.9 Å². The first kappa shape index (κ1) is 26.0. The second-order valence-corrected chi connectivity index (χ2v) is 9.82. The Morgan fingerprint density at radius 2 is 1.92 bits per heavy atom. The minimum atomic E-state index is -4.53. The molecule has 0 bridgehead atoms. The Morgan fingerprint density at radius 3 is 2.55 bits per heavy atom. The van der Waals surface area contributed by atoms with Gasteiger partial charge < -0.3 is 10.3 Å². The van der Waals surface area contributed by atoms with E-state index in [1.165, 1.54) is 4.57 Å². The number of fused-ring (bicyclic) bond motifs is 1. The first-order valence-electron chi connectivity index (χ1n) is 12.1. The lowest BCUT2D eigenvalue weighted by Gasteiger charge is -2.31. The van der Waals surface area contributed by atoms with Gasteiger partial charge in [-0.15, -0.1) is 0 Å². The number of aromatic nitrogens is 6. The van der Waals surface area contributed by atoms with E-state index in [1.807, 2.05) is 13.8 Å². The number of rotatable bonds is 6. The summed E-state index contributed by atoms with van der Waals surface area (Å²) in [6, 6.07) is 7.97. The van der Waals surface area contributed by atoms with Crippen LogP contribution >= 0.6 is 11.6 Å². The summed E-state index contributed by atoms with van der Waals surface area (Å²) in [5, 5.41) is 9.45. The highest BCUT2D eigenvalue weighted by atomic mass is 35.5. The number of hydrogen-bond donors (Lipinski definition) is 1. The molecule has 0 spiro atoms. The van der Waals surface area contributed by atoms with Gasteiger partial charge >= 0.3 is 6.18 Å². The van der Waals surface area contributed by atoms with Gasteiger partial charge in [-0.2, -0.15) is 23.4 Å². The predicted molar refractivity (Wildman–Crippen MR) is 136 cm³/mol. The fourth-order valence-corrected chi connectivity index (χ4v) is 4.78. The van der Waals surface area contributed by atoms with Crippen LogP contribution in [0.2, 0.25) is 5.02 Å². The molecule has 1 amide bonds. The molecule has 5 rings (SSSR count). The second-order valence-electron chi connectivity index (χ2n) is 9.41. The molecule has 1 atom stereocenters. The number of aryl methyl sites for hydroxylation is 1. The van der Waals surface area contributed by atoms with Crippen molar-refractivity contribution in [2.75, 3.05) is 4.90 Å². The summed E-state index contributed by atoms with van der Waals surface area (Å²) < 4.78 is 44.4. The van der Waals surface area contributed by atoms with Crippen LogP contribution in [0.4, 0.5) is 19.0 Å². The van der Waals surface area contributed by atoms with Crippen molar-refractivity contribution in [2.45, 2.75) is 58.7 Å². The molecule has 200 valence electrons. The zero-order valence-electron chi connectivity index (χ0n) is 20.9. The van der Waals surface area contributed by atoms with Crippen molar-refractivity contribution in [1.29, 1.82) is 0 Å². The SMILES string of the molecule is CCn1cc(C(F)(F)F)nc1-c1ccc(CN2C(=O)C(N)Cn3nc(-c4c(Cl)cnn4C(C)C)cc32)cc1. The summed E-state index contributed by atoms with van der Waals surface area (Å²) in [7, 11) is 0. The van der Waals surface area contributed by atoms with E-state index in [1.54, 1.807) is 57.7 Å². The van der Waals surface area contributed by atoms with E-state index in [9.17, 15) is 18.0 Å². The molecule has 0 radical (unpaired) electrons. The monoisotopic (exact) mass is 546 g/mol. The van der Waals surface area contributed by atoms with Crippen LogP contribution in [0.1, 0.15) is 38.1 Å². The van der Waals surface area contributed by atoms with E-state index in [0.29, 0.717) is 34.3 Å². The van der Waals surface area contributed by atoms with Crippen LogP contribution in [-0.4, -0.2) is 41.1 Å². The number of halogens is 4. The molecule has 38 heavy (non-hydrogen) atoms. The van der Waals surface area contributed by atoms with Gasteiger partial charge in [-0.25, -0.2) is 9.67 Å². The van der Waals surface area contributed by atoms with Gasteiger partial charge in [0.15, 0.2) is 5.69 Å². The van der Waals surface area contributed by atoms with Crippen molar-refractivity contribution in [3.8, 4) is 22.8 Å². The fourth-order valence-electron chi connectivity index (χ4n) is 4.55. The highest BCUT2D eigenvalue weighted by Crippen LogP contribution is 2.34. The highest BCUT2D eigenvalue weighted by Gasteiger charge is 2.35. The average molecular weight is 547 g/mol. The zero-order valence-corrected chi connectivity index (χ0v) is 21.7. The van der Waals surface area contributed by atoms with Crippen molar-refractivity contribution in [3.63, 3.8) is 0 Å². The van der Waals surface area contributed by atoms with E-state index >= 15 is 0 Å². The minimum absolute atomic E-state index is 0.0465. The van der Waals surface area contributed by atoms with Gasteiger partial charge in [-0.05, 0) is 26.3 Å². The van der Waals surface area contributed by atoms with Crippen LogP contribution in [0.25, 0.3) is 22.8 Å². The first-order valence-corrected chi connectivity index (χ1v) is 12.5. The molecule has 1 unspecified atom stereocenters. The molecule has 4 heterocycles. The van der Waals surface area contributed by atoms with Gasteiger partial charge in [0.2, 0.25) is 5.91 Å². The van der Waals surface area contributed by atoms with Gasteiger partial charge in [-0.3, -0.25) is 14.4 Å². The number of carbonyl (C=O) groups is 1. The third-order valence-electron chi connectivity index (χ3n) is 6.43. The number of nitrogens with zero attached hydrogens (tertiary/aromatic N) is 7. The summed E-state index contributed by atoms with van der Waals surface area (Å²) in [5.74, 6) is 0.538. The standard InChI is InChI=1S/C25H26ClF3N8O/c1-4-34-13-20(25(27,28)29)32-23(34)16-7-5-15(6-8-16)11-35-21-9-19(33-36(21)12-18(30)24(35)38)22-17(26)10-31-37(22)14(2)3/h5-10,13-14,18H,4,11-12,30H2,1-3H3. The molecule has 0 aliphatic carbocycles. The van der Waals surface area contributed by atoms with Gasteiger partial charge in [0.25, 0.3) is 0 Å². The number of hydrogen-bond acceptors (Lipinski definition) is 5. The lowest BCUT2D eigenvalue weighted by Crippen LogP contribution is -2.50. The second kappa shape index (κ2) is 9.59. The Morgan fingerprint density at radius 1 is 1.21 bits per heavy atom. The Labute approximate surface area is 221 Å². The molecule has 1 aliphatic rings. The molecule has 2 N–H and O–H groups in total. The van der Waals surface area contributed by atoms with Gasteiger partial charge in [0.05, 0.1) is 24.3 Å². The van der Waals surface area contributed by atoms with Crippen LogP contribution in [0.3, 0.4) is 0 Å². The summed E-state index contributed by atoms with van der Waals surface area (Å²) in [6.07, 6.45) is -1.96. The molecule has 4 aromatic rings. The number of alkyl halides is 3. The summed E-state index contributed by atoms with van der Waals surface area (Å²) in [5.41, 5.74) is 7.74. The largest absolute Gasteiger partial charge is 0.434 e. The van der Waals surface area contributed by atoms with Crippen molar-refractivity contribution in [1.82, 2.24) is 29.1 Å². The van der Waals surface area contributed by atoms with Gasteiger partial charge in [0.1, 0.15) is 29.1 Å².